The molecule has 0 radical (unpaired) electrons. The van der Waals surface area contributed by atoms with Gasteiger partial charge in [0, 0.05) is 37.4 Å². The van der Waals surface area contributed by atoms with E-state index in [0.29, 0.717) is 12.1 Å². The van der Waals surface area contributed by atoms with E-state index >= 15 is 0 Å². The predicted octanol–water partition coefficient (Wildman–Crippen LogP) is 2.37. The number of aromatic nitrogens is 3. The molecule has 2 rings (SSSR count). The molecule has 10 heteroatoms. The summed E-state index contributed by atoms with van der Waals surface area (Å²) in [4.78, 5) is 34.9. The van der Waals surface area contributed by atoms with E-state index in [-0.39, 0.29) is 36.1 Å². The number of aryl methyl sites for hydroxylation is 2. The average molecular weight is 425 g/mol. The Morgan fingerprint density at radius 2 is 1.93 bits per heavy atom. The second-order valence-electron chi connectivity index (χ2n) is 7.51. The lowest BCUT2D eigenvalue weighted by Crippen LogP contribution is -2.37. The van der Waals surface area contributed by atoms with Crippen LogP contribution in [0.2, 0.25) is 0 Å². The number of pyridine rings is 1. The van der Waals surface area contributed by atoms with Crippen molar-refractivity contribution in [3.05, 3.63) is 57.0 Å². The van der Waals surface area contributed by atoms with E-state index in [4.69, 9.17) is 0 Å². The highest BCUT2D eigenvalue weighted by atomic mass is 19.4. The molecule has 164 valence electrons. The quantitative estimate of drug-likeness (QED) is 0.737. The van der Waals surface area contributed by atoms with E-state index in [1.807, 2.05) is 25.9 Å². The van der Waals surface area contributed by atoms with Gasteiger partial charge in [0.15, 0.2) is 0 Å². The zero-order valence-electron chi connectivity index (χ0n) is 17.7. The van der Waals surface area contributed by atoms with E-state index in [1.165, 1.54) is 11.5 Å². The minimum absolute atomic E-state index is 0.000605. The van der Waals surface area contributed by atoms with Crippen LogP contribution >= 0.6 is 0 Å². The molecule has 2 aromatic heterocycles. The van der Waals surface area contributed by atoms with E-state index in [1.54, 1.807) is 19.2 Å². The number of carbonyl (C=O) groups excluding carboxylic acids is 1. The van der Waals surface area contributed by atoms with Crippen molar-refractivity contribution < 1.29 is 18.0 Å². The summed E-state index contributed by atoms with van der Waals surface area (Å²) in [5.74, 6) is -0.600. The zero-order chi connectivity index (χ0) is 22.6. The zero-order valence-corrected chi connectivity index (χ0v) is 17.7. The smallest absolute Gasteiger partial charge is 0.351 e. The van der Waals surface area contributed by atoms with E-state index in [2.05, 4.69) is 15.3 Å². The first-order valence-corrected chi connectivity index (χ1v) is 9.46. The van der Waals surface area contributed by atoms with Gasteiger partial charge >= 0.3 is 6.18 Å². The highest BCUT2D eigenvalue weighted by Crippen LogP contribution is 2.27. The van der Waals surface area contributed by atoms with E-state index in [9.17, 15) is 22.8 Å². The number of nitrogens with one attached hydrogen (secondary N) is 1. The van der Waals surface area contributed by atoms with Crippen molar-refractivity contribution in [2.45, 2.75) is 39.4 Å². The van der Waals surface area contributed by atoms with Crippen LogP contribution in [-0.2, 0) is 12.6 Å². The number of rotatable bonds is 7. The molecule has 1 unspecified atom stereocenters. The van der Waals surface area contributed by atoms with Gasteiger partial charge in [-0.2, -0.15) is 13.2 Å². The molecule has 0 aliphatic heterocycles. The molecule has 0 aliphatic carbocycles. The molecule has 1 N–H and O–H groups in total. The number of likely N-dealkylation sites (N-methyl/N-ethyl adjacent to an activating group) is 1. The minimum Gasteiger partial charge on any atom is -0.351 e. The highest BCUT2D eigenvalue weighted by molar-refractivity contribution is 5.95. The fraction of sp³-hybridized carbons (Fsp3) is 0.500. The fourth-order valence-electron chi connectivity index (χ4n) is 3.14. The van der Waals surface area contributed by atoms with Crippen molar-refractivity contribution >= 4 is 5.91 Å². The molecular formula is C20H26F3N5O2. The summed E-state index contributed by atoms with van der Waals surface area (Å²) < 4.78 is 40.2. The van der Waals surface area contributed by atoms with Gasteiger partial charge in [-0.15, -0.1) is 0 Å². The maximum absolute atomic E-state index is 12.9. The second-order valence-corrected chi connectivity index (χ2v) is 7.51. The van der Waals surface area contributed by atoms with Gasteiger partial charge in [-0.1, -0.05) is 0 Å². The molecular weight excluding hydrogens is 399 g/mol. The van der Waals surface area contributed by atoms with Crippen LogP contribution in [0.1, 0.15) is 46.1 Å². The van der Waals surface area contributed by atoms with Crippen molar-refractivity contribution in [2.24, 2.45) is 0 Å². The molecule has 30 heavy (non-hydrogen) atoms. The van der Waals surface area contributed by atoms with Crippen LogP contribution in [0.3, 0.4) is 0 Å². The molecule has 0 fully saturated rings. The molecule has 1 amide bonds. The summed E-state index contributed by atoms with van der Waals surface area (Å²) in [6, 6.07) is 2.43. The second kappa shape index (κ2) is 9.38. The van der Waals surface area contributed by atoms with Gasteiger partial charge in [-0.05, 0) is 52.6 Å². The average Bonchev–Trinajstić information content (AvgIpc) is 2.59. The molecule has 0 saturated heterocycles. The monoisotopic (exact) mass is 425 g/mol. The van der Waals surface area contributed by atoms with Crippen molar-refractivity contribution in [3.8, 4) is 0 Å². The molecule has 2 aromatic rings. The maximum atomic E-state index is 12.9. The van der Waals surface area contributed by atoms with Gasteiger partial charge in [0.2, 0.25) is 0 Å². The molecule has 0 saturated carbocycles. The minimum atomic E-state index is -4.57. The summed E-state index contributed by atoms with van der Waals surface area (Å²) >= 11 is 0. The third-order valence-electron chi connectivity index (χ3n) is 4.48. The van der Waals surface area contributed by atoms with Crippen molar-refractivity contribution in [1.29, 1.82) is 0 Å². The number of hydrogen-bond donors (Lipinski definition) is 1. The lowest BCUT2D eigenvalue weighted by molar-refractivity contribution is -0.141. The normalized spacial score (nSPS) is 12.8. The Morgan fingerprint density at radius 1 is 1.27 bits per heavy atom. The Balaban J connectivity index is 2.14. The Bertz CT molecular complexity index is 970. The third kappa shape index (κ3) is 5.88. The summed E-state index contributed by atoms with van der Waals surface area (Å²) in [5, 5.41) is 2.59. The van der Waals surface area contributed by atoms with Gasteiger partial charge in [0.25, 0.3) is 11.5 Å². The van der Waals surface area contributed by atoms with Gasteiger partial charge in [-0.3, -0.25) is 9.59 Å². The third-order valence-corrected chi connectivity index (χ3v) is 4.48. The standard InChI is InChI=1S/C20H26F3N5O2/c1-12-7-9-28(14(3)11-27(4)5)19(30)17(12)18(29)24-8-6-16-25-13(2)10-15(26-16)20(21,22)23/h7,9-10,14H,6,8,11H2,1-5H3,(H,24,29). The summed E-state index contributed by atoms with van der Waals surface area (Å²) in [7, 11) is 3.78. The first-order chi connectivity index (χ1) is 13.9. The SMILES string of the molecule is Cc1cc(C(F)(F)F)nc(CCNC(=O)c2c(C)ccn(C(C)CN(C)C)c2=O)n1. The number of alkyl halides is 3. The summed E-state index contributed by atoms with van der Waals surface area (Å²) in [6.45, 7) is 5.61. The largest absolute Gasteiger partial charge is 0.433 e. The van der Waals surface area contributed by atoms with Crippen LogP contribution in [0.4, 0.5) is 13.2 Å². The van der Waals surface area contributed by atoms with Crippen LogP contribution in [0.25, 0.3) is 0 Å². The van der Waals surface area contributed by atoms with Crippen LogP contribution in [0.15, 0.2) is 23.1 Å². The molecule has 0 aliphatic rings. The van der Waals surface area contributed by atoms with Crippen molar-refractivity contribution in [3.63, 3.8) is 0 Å². The van der Waals surface area contributed by atoms with Gasteiger partial charge in [0.1, 0.15) is 17.1 Å². The molecule has 7 nitrogen and oxygen atoms in total. The fourth-order valence-corrected chi connectivity index (χ4v) is 3.14. The summed E-state index contributed by atoms with van der Waals surface area (Å²) in [5.41, 5.74) is -0.697. The molecule has 0 spiro atoms. The summed E-state index contributed by atoms with van der Waals surface area (Å²) in [6.07, 6.45) is -2.91. The Kier molecular flexibility index (Phi) is 7.35. The number of amides is 1. The first-order valence-electron chi connectivity index (χ1n) is 9.46. The van der Waals surface area contributed by atoms with Crippen LogP contribution in [0.5, 0.6) is 0 Å². The van der Waals surface area contributed by atoms with Crippen LogP contribution in [0, 0.1) is 13.8 Å². The van der Waals surface area contributed by atoms with Crippen molar-refractivity contribution in [2.75, 3.05) is 27.2 Å². The lowest BCUT2D eigenvalue weighted by atomic mass is 10.1. The van der Waals surface area contributed by atoms with Crippen LogP contribution < -0.4 is 10.9 Å². The number of halogens is 3. The Labute approximate surface area is 173 Å². The molecule has 2 heterocycles. The maximum Gasteiger partial charge on any atom is 0.433 e. The Morgan fingerprint density at radius 3 is 2.53 bits per heavy atom. The van der Waals surface area contributed by atoms with Crippen molar-refractivity contribution in [1.82, 2.24) is 24.8 Å². The highest BCUT2D eigenvalue weighted by Gasteiger charge is 2.33. The van der Waals surface area contributed by atoms with E-state index < -0.39 is 23.3 Å². The van der Waals surface area contributed by atoms with Gasteiger partial charge < -0.3 is 14.8 Å². The van der Waals surface area contributed by atoms with Crippen LogP contribution in [-0.4, -0.2) is 52.5 Å². The molecule has 0 aromatic carbocycles. The predicted molar refractivity (Wildman–Crippen MR) is 107 cm³/mol. The number of carbonyl (C=O) groups is 1. The first kappa shape index (κ1) is 23.5. The lowest BCUT2D eigenvalue weighted by Gasteiger charge is -2.20. The Hall–Kier alpha value is -2.75. The van der Waals surface area contributed by atoms with Gasteiger partial charge in [-0.25, -0.2) is 9.97 Å². The number of nitrogens with zero attached hydrogens (tertiary/aromatic N) is 4. The topological polar surface area (TPSA) is 80.1 Å². The van der Waals surface area contributed by atoms with Gasteiger partial charge in [0.05, 0.1) is 0 Å². The number of hydrogen-bond acceptors (Lipinski definition) is 5. The molecule has 0 bridgehead atoms. The van der Waals surface area contributed by atoms with E-state index in [0.717, 1.165) is 6.07 Å². The molecule has 1 atom stereocenters.